The number of hydrogen-bond donors (Lipinski definition) is 0. The molecule has 0 radical (unpaired) electrons. The Morgan fingerprint density at radius 1 is 0.259 bits per heavy atom. The first-order valence-electron chi connectivity index (χ1n) is 21.1. The molecule has 0 aliphatic heterocycles. The molecule has 0 saturated carbocycles. The highest BCUT2D eigenvalue weighted by Crippen LogP contribution is 2.42. The Labute approximate surface area is 356 Å². The zero-order chi connectivity index (χ0) is 41.4. The molecule has 0 unspecified atom stereocenters. The summed E-state index contributed by atoms with van der Waals surface area (Å²) in [6.45, 7) is 0. The number of rotatable bonds is 3. The van der Waals surface area contributed by atoms with Crippen LogP contribution in [0.25, 0.3) is 87.6 Å². The van der Waals surface area contributed by atoms with Crippen molar-refractivity contribution in [2.24, 2.45) is 0 Å². The van der Waals surface area contributed by atoms with Crippen LogP contribution in [0.4, 0.5) is 0 Å². The fourth-order valence-electron chi connectivity index (χ4n) is 10.7. The molecule has 0 atom stereocenters. The van der Waals surface area contributed by atoms with Crippen molar-refractivity contribution in [1.29, 1.82) is 0 Å². The Morgan fingerprint density at radius 3 is 1.14 bits per heavy atom. The molecule has 1 aromatic heterocycles. The van der Waals surface area contributed by atoms with Crippen LogP contribution < -0.4 is 81.9 Å². The van der Waals surface area contributed by atoms with E-state index in [1.807, 2.05) is 6.07 Å². The first kappa shape index (κ1) is 38.8. The van der Waals surface area contributed by atoms with Crippen molar-refractivity contribution in [3.63, 3.8) is 0 Å². The van der Waals surface area contributed by atoms with Gasteiger partial charge in [-0.1, -0.05) is 98.3 Å². The lowest BCUT2D eigenvalue weighted by Crippen LogP contribution is -2.53. The van der Waals surface area contributed by atoms with Crippen molar-refractivity contribution in [3.8, 4) is 33.4 Å². The van der Waals surface area contributed by atoms with Gasteiger partial charge in [-0.3, -0.25) is 0 Å². The van der Waals surface area contributed by atoms with Crippen molar-refractivity contribution >= 4 is 254 Å². The van der Waals surface area contributed by atoms with Gasteiger partial charge >= 0.3 is 0 Å². The van der Waals surface area contributed by atoms with Gasteiger partial charge in [-0.15, -0.1) is 38.2 Å². The van der Waals surface area contributed by atoms with Crippen molar-refractivity contribution in [2.75, 3.05) is 0 Å². The summed E-state index contributed by atoms with van der Waals surface area (Å²) in [5, 5.41) is 10.7. The van der Waals surface area contributed by atoms with Gasteiger partial charge in [-0.05, 0) is 77.8 Å². The molecule has 1 nitrogen and oxygen atoms in total. The molecule has 260 valence electrons. The van der Waals surface area contributed by atoms with Crippen LogP contribution in [-0.4, -0.2) is 118 Å². The molecule has 58 heavy (non-hydrogen) atoms. The average Bonchev–Trinajstić information content (AvgIpc) is 3.62. The van der Waals surface area contributed by atoms with Gasteiger partial charge in [0.2, 0.25) is 0 Å². The quantitative estimate of drug-likeness (QED) is 0.131. The highest BCUT2D eigenvalue weighted by Gasteiger charge is 2.28. The monoisotopic (exact) mass is 726 g/mol. The highest BCUT2D eigenvalue weighted by atomic mass is 16.3. The lowest BCUT2D eigenvalue weighted by Gasteiger charge is -2.31. The fourth-order valence-corrected chi connectivity index (χ4v) is 10.7. The van der Waals surface area contributed by atoms with E-state index in [-0.39, 0.29) is 0 Å². The number of benzene rings is 8. The molecule has 9 aromatic rings. The van der Waals surface area contributed by atoms with E-state index in [2.05, 4.69) is 178 Å². The third-order valence-corrected chi connectivity index (χ3v) is 15.3. The first-order valence-corrected chi connectivity index (χ1v) is 21.1. The minimum absolute atomic E-state index is 0.925. The zero-order valence-electron chi connectivity index (χ0n) is 37.3. The van der Waals surface area contributed by atoms with Crippen LogP contribution in [0.3, 0.4) is 0 Å². The maximum absolute atomic E-state index is 6.32. The molecule has 0 amide bonds. The summed E-state index contributed by atoms with van der Waals surface area (Å²) in [4.78, 5) is 0. The van der Waals surface area contributed by atoms with E-state index in [9.17, 15) is 0 Å². The summed E-state index contributed by atoms with van der Waals surface area (Å²) in [6, 6.07) is 24.3. The Hall–Kier alpha value is -4.69. The standard InChI is InChI=1S/C42H41B15O/c43-28-21-18(13-10-8-12(9-11-13)14-5-3-7-17-19(14)15-4-1-2-6-16(15)58-17)22-24(32(47)40(55)38(53)29(22)44)20(23(21)31(46)39(54)37(28)52)25-26-27(34(49)36(51)30(25)45)35(50)42(57)41(56)33(26)48/h1-11H,43-57H2. The van der Waals surface area contributed by atoms with Crippen molar-refractivity contribution < 1.29 is 4.42 Å². The Morgan fingerprint density at radius 2 is 0.638 bits per heavy atom. The molecule has 16 heteroatoms. The number of para-hydroxylation sites is 1. The average molecular weight is 724 g/mol. The van der Waals surface area contributed by atoms with Crippen LogP contribution in [0.5, 0.6) is 0 Å². The molecular weight excluding hydrogens is 683 g/mol. The molecule has 0 N–H and O–H groups in total. The maximum atomic E-state index is 6.32. The first-order chi connectivity index (χ1) is 27.6. The van der Waals surface area contributed by atoms with Crippen molar-refractivity contribution in [3.05, 3.63) is 66.7 Å². The summed E-state index contributed by atoms with van der Waals surface area (Å²) in [5.74, 6) is 0. The molecule has 8 aromatic carbocycles. The van der Waals surface area contributed by atoms with E-state index >= 15 is 0 Å². The van der Waals surface area contributed by atoms with Crippen LogP contribution in [0.15, 0.2) is 71.1 Å². The largest absolute Gasteiger partial charge is 0.456 e. The maximum Gasteiger partial charge on any atom is 0.139 e. The molecule has 0 bridgehead atoms. The van der Waals surface area contributed by atoms with Crippen LogP contribution in [0, 0.1) is 0 Å². The van der Waals surface area contributed by atoms with Crippen LogP contribution in [0.2, 0.25) is 0 Å². The summed E-state index contributed by atoms with van der Waals surface area (Å²) in [6.07, 6.45) is 0. The zero-order valence-corrected chi connectivity index (χ0v) is 37.3. The van der Waals surface area contributed by atoms with Gasteiger partial charge in [0.05, 0.1) is 0 Å². The Balaban J connectivity index is 1.49. The van der Waals surface area contributed by atoms with Gasteiger partial charge in [-0.2, -0.15) is 0 Å². The number of fused-ring (bicyclic) bond motifs is 6. The summed E-state index contributed by atoms with van der Waals surface area (Å²) >= 11 is 0. The second kappa shape index (κ2) is 13.7. The number of hydrogen-bond acceptors (Lipinski definition) is 1. The molecular formula is C42H41B15O. The lowest BCUT2D eigenvalue weighted by molar-refractivity contribution is 0.669. The lowest BCUT2D eigenvalue weighted by atomic mass is 9.56. The SMILES string of the molecule is Bc1c(B)c(B)c2c(-c3c4c(B)c(B)c(B)c(B)c4c(-c4ccc(-c5cccc6oc7ccccc7c56)cc4)c4c(B)c(B)c(B)c(B)c34)c(B)c(B)c(B)c2c1B. The normalized spacial score (nSPS) is 11.8. The van der Waals surface area contributed by atoms with E-state index in [1.165, 1.54) is 153 Å². The molecule has 0 aliphatic carbocycles. The van der Waals surface area contributed by atoms with Crippen molar-refractivity contribution in [1.82, 2.24) is 0 Å². The highest BCUT2D eigenvalue weighted by molar-refractivity contribution is 6.75. The molecule has 1 heterocycles. The minimum Gasteiger partial charge on any atom is -0.456 e. The summed E-state index contributed by atoms with van der Waals surface area (Å²) < 4.78 is 6.32. The van der Waals surface area contributed by atoms with Crippen LogP contribution >= 0.6 is 0 Å². The Kier molecular flexibility index (Phi) is 9.16. The smallest absolute Gasteiger partial charge is 0.139 e. The summed E-state index contributed by atoms with van der Waals surface area (Å²) in [5.41, 5.74) is 30.5. The predicted octanol–water partition coefficient (Wildman–Crippen LogP) is -14.1. The minimum atomic E-state index is 0.925. The fraction of sp³-hybridized carbons (Fsp3) is 0. The van der Waals surface area contributed by atoms with Gasteiger partial charge in [0, 0.05) is 10.8 Å². The second-order valence-corrected chi connectivity index (χ2v) is 17.6. The molecule has 0 spiro atoms. The molecule has 9 rings (SSSR count). The van der Waals surface area contributed by atoms with Gasteiger partial charge in [0.1, 0.15) is 129 Å². The third kappa shape index (κ3) is 5.18. The van der Waals surface area contributed by atoms with Gasteiger partial charge in [0.25, 0.3) is 0 Å². The third-order valence-electron chi connectivity index (χ3n) is 15.3. The predicted molar refractivity (Wildman–Crippen MR) is 305 cm³/mol. The number of furan rings is 1. The van der Waals surface area contributed by atoms with Crippen molar-refractivity contribution in [2.45, 2.75) is 0 Å². The van der Waals surface area contributed by atoms with E-state index in [0.717, 1.165) is 16.6 Å². The topological polar surface area (TPSA) is 13.1 Å². The molecule has 0 fully saturated rings. The van der Waals surface area contributed by atoms with Crippen LogP contribution in [-0.2, 0) is 0 Å². The van der Waals surface area contributed by atoms with Crippen LogP contribution in [0.1, 0.15) is 0 Å². The summed E-state index contributed by atoms with van der Waals surface area (Å²) in [7, 11) is 35.3. The molecule has 0 aliphatic rings. The van der Waals surface area contributed by atoms with E-state index < -0.39 is 0 Å². The van der Waals surface area contributed by atoms with Gasteiger partial charge in [0.15, 0.2) is 0 Å². The Bertz CT molecular complexity index is 3250. The van der Waals surface area contributed by atoms with E-state index in [0.29, 0.717) is 0 Å². The van der Waals surface area contributed by atoms with Gasteiger partial charge < -0.3 is 4.42 Å². The second-order valence-electron chi connectivity index (χ2n) is 17.6. The van der Waals surface area contributed by atoms with Gasteiger partial charge in [-0.25, -0.2) is 0 Å². The van der Waals surface area contributed by atoms with E-state index in [1.54, 1.807) is 0 Å². The van der Waals surface area contributed by atoms with E-state index in [4.69, 9.17) is 4.42 Å². The molecule has 0 saturated heterocycles.